The number of ketones is 1. The van der Waals surface area contributed by atoms with E-state index in [1.807, 2.05) is 11.0 Å². The van der Waals surface area contributed by atoms with Gasteiger partial charge in [0.2, 0.25) is 11.5 Å². The smallest absolute Gasteiger partial charge is 0.253 e. The summed E-state index contributed by atoms with van der Waals surface area (Å²) in [6, 6.07) is 17.4. The molecule has 184 valence electrons. The molecule has 1 aliphatic carbocycles. The van der Waals surface area contributed by atoms with E-state index in [2.05, 4.69) is 29.2 Å². The Morgan fingerprint density at radius 1 is 1.00 bits per heavy atom. The number of hydrogen-bond acceptors (Lipinski definition) is 6. The van der Waals surface area contributed by atoms with Gasteiger partial charge in [0.15, 0.2) is 0 Å². The molecule has 0 bridgehead atoms. The van der Waals surface area contributed by atoms with Crippen molar-refractivity contribution in [3.63, 3.8) is 0 Å². The number of carbonyl (C=O) groups is 2. The number of methoxy groups -OCH3 is 1. The molecule has 2 fully saturated rings. The minimum atomic E-state index is -0.192. The van der Waals surface area contributed by atoms with Gasteiger partial charge in [-0.25, -0.2) is 0 Å². The average molecular weight is 477 g/mol. The van der Waals surface area contributed by atoms with Crippen LogP contribution in [0.15, 0.2) is 66.6 Å². The van der Waals surface area contributed by atoms with Gasteiger partial charge in [-0.2, -0.15) is 0 Å². The summed E-state index contributed by atoms with van der Waals surface area (Å²) >= 11 is 0. The maximum Gasteiger partial charge on any atom is 0.253 e. The first-order valence-corrected chi connectivity index (χ1v) is 12.4. The standard InChI is InChI=1S/C28H32N2O5/c1-33-23-11-12-24-25(17-23)34-19-26(27(24)31)35-22-9-7-21(8-10-22)28(32)30-15-13-29(14-16-30)18-20-5-3-2-4-6-20/h2-10,19,23-25H,11-18H2,1H3. The van der Waals surface area contributed by atoms with Gasteiger partial charge >= 0.3 is 0 Å². The van der Waals surface area contributed by atoms with Crippen molar-refractivity contribution in [3.8, 4) is 5.75 Å². The lowest BCUT2D eigenvalue weighted by atomic mass is 9.80. The highest BCUT2D eigenvalue weighted by Gasteiger charge is 2.41. The lowest BCUT2D eigenvalue weighted by molar-refractivity contribution is -0.133. The fraction of sp³-hybridized carbons (Fsp3) is 0.429. The quantitative estimate of drug-likeness (QED) is 0.634. The van der Waals surface area contributed by atoms with Crippen LogP contribution in [0.5, 0.6) is 5.75 Å². The summed E-state index contributed by atoms with van der Waals surface area (Å²) in [7, 11) is 1.69. The van der Waals surface area contributed by atoms with Gasteiger partial charge < -0.3 is 19.1 Å². The maximum atomic E-state index is 13.0. The van der Waals surface area contributed by atoms with Crippen LogP contribution < -0.4 is 4.74 Å². The molecule has 0 N–H and O–H groups in total. The summed E-state index contributed by atoms with van der Waals surface area (Å²) in [5.41, 5.74) is 1.91. The second-order valence-electron chi connectivity index (χ2n) is 9.48. The minimum Gasteiger partial charge on any atom is -0.493 e. The van der Waals surface area contributed by atoms with Crippen molar-refractivity contribution < 1.29 is 23.8 Å². The van der Waals surface area contributed by atoms with Crippen molar-refractivity contribution >= 4 is 11.7 Å². The zero-order valence-electron chi connectivity index (χ0n) is 20.1. The Bertz CT molecular complexity index is 1060. The summed E-state index contributed by atoms with van der Waals surface area (Å²) in [4.78, 5) is 30.2. The molecule has 1 saturated heterocycles. The third kappa shape index (κ3) is 5.41. The summed E-state index contributed by atoms with van der Waals surface area (Å²) in [6.07, 6.45) is 3.70. The van der Waals surface area contributed by atoms with E-state index >= 15 is 0 Å². The SMILES string of the molecule is COC1CCC2C(=O)C(Oc3ccc(C(=O)N4CCN(Cc5ccccc5)CC4)cc3)=COC2C1. The van der Waals surface area contributed by atoms with E-state index in [1.54, 1.807) is 31.4 Å². The Kier molecular flexibility index (Phi) is 7.16. The molecule has 2 aliphatic heterocycles. The summed E-state index contributed by atoms with van der Waals surface area (Å²) in [5.74, 6) is 0.536. The number of ether oxygens (including phenoxy) is 3. The molecule has 2 heterocycles. The van der Waals surface area contributed by atoms with Crippen molar-refractivity contribution in [3.05, 3.63) is 77.7 Å². The maximum absolute atomic E-state index is 13.0. The van der Waals surface area contributed by atoms with Crippen LogP contribution in [-0.4, -0.2) is 67.0 Å². The van der Waals surface area contributed by atoms with Crippen LogP contribution in [0, 0.1) is 5.92 Å². The molecule has 1 saturated carbocycles. The molecule has 2 aromatic carbocycles. The number of amides is 1. The third-order valence-electron chi connectivity index (χ3n) is 7.24. The number of piperazine rings is 1. The number of allylic oxidation sites excluding steroid dienone is 1. The molecule has 3 aliphatic rings. The molecule has 0 radical (unpaired) electrons. The van der Waals surface area contributed by atoms with Crippen molar-refractivity contribution in [2.75, 3.05) is 33.3 Å². The molecule has 0 spiro atoms. The van der Waals surface area contributed by atoms with E-state index in [4.69, 9.17) is 14.2 Å². The number of rotatable bonds is 6. The number of benzene rings is 2. The highest BCUT2D eigenvalue weighted by atomic mass is 16.5. The highest BCUT2D eigenvalue weighted by molar-refractivity contribution is 5.97. The van der Waals surface area contributed by atoms with Gasteiger partial charge in [-0.15, -0.1) is 0 Å². The van der Waals surface area contributed by atoms with Crippen molar-refractivity contribution in [2.45, 2.75) is 38.0 Å². The van der Waals surface area contributed by atoms with Gasteiger partial charge in [-0.05, 0) is 42.7 Å². The Hall–Kier alpha value is -3.16. The number of fused-ring (bicyclic) bond motifs is 1. The molecule has 0 aromatic heterocycles. The van der Waals surface area contributed by atoms with E-state index in [1.165, 1.54) is 11.8 Å². The van der Waals surface area contributed by atoms with Gasteiger partial charge in [0.25, 0.3) is 5.91 Å². The van der Waals surface area contributed by atoms with Gasteiger partial charge in [-0.1, -0.05) is 30.3 Å². The van der Waals surface area contributed by atoms with Gasteiger partial charge in [0.05, 0.1) is 12.0 Å². The molecule has 3 unspecified atom stereocenters. The van der Waals surface area contributed by atoms with Crippen molar-refractivity contribution in [1.29, 1.82) is 0 Å². The topological polar surface area (TPSA) is 68.3 Å². The van der Waals surface area contributed by atoms with E-state index in [9.17, 15) is 9.59 Å². The van der Waals surface area contributed by atoms with E-state index < -0.39 is 0 Å². The Morgan fingerprint density at radius 2 is 1.74 bits per heavy atom. The highest BCUT2D eigenvalue weighted by Crippen LogP contribution is 2.35. The van der Waals surface area contributed by atoms with Crippen LogP contribution in [0.4, 0.5) is 0 Å². The lowest BCUT2D eigenvalue weighted by Crippen LogP contribution is -2.48. The fourth-order valence-electron chi connectivity index (χ4n) is 5.15. The minimum absolute atomic E-state index is 0.0185. The van der Waals surface area contributed by atoms with Gasteiger partial charge in [-0.3, -0.25) is 14.5 Å². The number of nitrogens with zero attached hydrogens (tertiary/aromatic N) is 2. The first-order chi connectivity index (χ1) is 17.1. The first-order valence-electron chi connectivity index (χ1n) is 12.4. The zero-order valence-corrected chi connectivity index (χ0v) is 20.1. The molecular formula is C28H32N2O5. The normalized spacial score (nSPS) is 24.8. The Morgan fingerprint density at radius 3 is 2.46 bits per heavy atom. The monoisotopic (exact) mass is 476 g/mol. The number of hydrogen-bond donors (Lipinski definition) is 0. The van der Waals surface area contributed by atoms with E-state index in [0.717, 1.165) is 32.5 Å². The van der Waals surface area contributed by atoms with Crippen molar-refractivity contribution in [2.24, 2.45) is 5.92 Å². The van der Waals surface area contributed by atoms with Gasteiger partial charge in [0.1, 0.15) is 18.1 Å². The number of carbonyl (C=O) groups excluding carboxylic acids is 2. The molecule has 35 heavy (non-hydrogen) atoms. The Balaban J connectivity index is 1.14. The molecule has 1 amide bonds. The van der Waals surface area contributed by atoms with Crippen LogP contribution in [0.1, 0.15) is 35.2 Å². The first kappa shape index (κ1) is 23.6. The summed E-state index contributed by atoms with van der Waals surface area (Å²) in [6.45, 7) is 4.02. The van der Waals surface area contributed by atoms with Crippen molar-refractivity contribution in [1.82, 2.24) is 9.80 Å². The number of Topliss-reactive ketones (excluding diaryl/α,β-unsaturated/α-hetero) is 1. The summed E-state index contributed by atoms with van der Waals surface area (Å²) in [5, 5.41) is 0. The molecule has 7 heteroatoms. The predicted octanol–water partition coefficient (Wildman–Crippen LogP) is 3.65. The van der Waals surface area contributed by atoms with Crippen LogP contribution in [0.2, 0.25) is 0 Å². The van der Waals surface area contributed by atoms with E-state index in [0.29, 0.717) is 30.8 Å². The fourth-order valence-corrected chi connectivity index (χ4v) is 5.15. The third-order valence-corrected chi connectivity index (χ3v) is 7.24. The summed E-state index contributed by atoms with van der Waals surface area (Å²) < 4.78 is 17.1. The van der Waals surface area contributed by atoms with Crippen LogP contribution >= 0.6 is 0 Å². The molecular weight excluding hydrogens is 444 g/mol. The van der Waals surface area contributed by atoms with Crippen LogP contribution in [0.25, 0.3) is 0 Å². The molecule has 2 aromatic rings. The molecule has 5 rings (SSSR count). The average Bonchev–Trinajstić information content (AvgIpc) is 2.91. The lowest BCUT2D eigenvalue weighted by Gasteiger charge is -2.36. The van der Waals surface area contributed by atoms with Gasteiger partial charge in [0, 0.05) is 51.8 Å². The Labute approximate surface area is 206 Å². The second-order valence-corrected chi connectivity index (χ2v) is 9.48. The predicted molar refractivity (Wildman–Crippen MR) is 131 cm³/mol. The molecule has 7 nitrogen and oxygen atoms in total. The molecule has 3 atom stereocenters. The van der Waals surface area contributed by atoms with Crippen LogP contribution in [-0.2, 0) is 20.8 Å². The van der Waals surface area contributed by atoms with Crippen LogP contribution in [0.3, 0.4) is 0 Å². The zero-order chi connectivity index (χ0) is 24.2. The second kappa shape index (κ2) is 10.6. The largest absolute Gasteiger partial charge is 0.493 e. The van der Waals surface area contributed by atoms with E-state index in [-0.39, 0.29) is 35.6 Å².